The van der Waals surface area contributed by atoms with E-state index in [1.165, 1.54) is 22.3 Å². The number of likely N-dealkylation sites (N-methyl/N-ethyl adjacent to an activating group) is 1. The van der Waals surface area contributed by atoms with Gasteiger partial charge < -0.3 is 10.6 Å². The fourth-order valence-electron chi connectivity index (χ4n) is 2.88. The molecule has 3 heteroatoms. The van der Waals surface area contributed by atoms with Crippen LogP contribution in [0.25, 0.3) is 11.1 Å². The number of hydrogen-bond donors (Lipinski definition) is 2. The van der Waals surface area contributed by atoms with Crippen LogP contribution in [-0.4, -0.2) is 18.5 Å². The molecule has 2 aromatic rings. The van der Waals surface area contributed by atoms with E-state index in [0.717, 1.165) is 12.1 Å². The predicted molar refractivity (Wildman–Crippen MR) is 86.5 cm³/mol. The van der Waals surface area contributed by atoms with Gasteiger partial charge in [-0.2, -0.15) is 0 Å². The Bertz CT molecular complexity index is 679. The molecule has 1 atom stereocenters. The zero-order valence-corrected chi connectivity index (χ0v) is 12.4. The van der Waals surface area contributed by atoms with Crippen molar-refractivity contribution in [2.45, 2.75) is 26.3 Å². The van der Waals surface area contributed by atoms with E-state index in [1.54, 1.807) is 0 Å². The molecule has 3 rings (SSSR count). The Labute approximate surface area is 125 Å². The molecule has 0 fully saturated rings. The van der Waals surface area contributed by atoms with Crippen LogP contribution in [0.5, 0.6) is 0 Å². The van der Waals surface area contributed by atoms with E-state index in [4.69, 9.17) is 0 Å². The van der Waals surface area contributed by atoms with Gasteiger partial charge in [-0.05, 0) is 54.7 Å². The topological polar surface area (TPSA) is 41.1 Å². The summed E-state index contributed by atoms with van der Waals surface area (Å²) in [6, 6.07) is 14.6. The first-order valence-electron chi connectivity index (χ1n) is 7.44. The van der Waals surface area contributed by atoms with Gasteiger partial charge in [0.1, 0.15) is 6.04 Å². The zero-order chi connectivity index (χ0) is 14.8. The third-order valence-electron chi connectivity index (χ3n) is 3.92. The van der Waals surface area contributed by atoms with E-state index in [1.807, 2.05) is 13.8 Å². The molecule has 0 spiro atoms. The van der Waals surface area contributed by atoms with Crippen molar-refractivity contribution in [3.63, 3.8) is 0 Å². The molecule has 1 aliphatic carbocycles. The van der Waals surface area contributed by atoms with Crippen LogP contribution in [0.1, 0.15) is 25.0 Å². The number of fused-ring (bicyclic) bond motifs is 3. The van der Waals surface area contributed by atoms with Crippen LogP contribution < -0.4 is 10.6 Å². The number of hydrogen-bond acceptors (Lipinski definition) is 2. The molecule has 0 heterocycles. The lowest BCUT2D eigenvalue weighted by Crippen LogP contribution is -2.37. The lowest BCUT2D eigenvalue weighted by molar-refractivity contribution is -0.121. The normalized spacial score (nSPS) is 13.2. The second kappa shape index (κ2) is 5.60. The SMILES string of the molecule is CCNC(=O)C(C)Nc1ccc2c(c1)Cc1ccccc1-2. The molecule has 108 valence electrons. The van der Waals surface area contributed by atoms with Crippen LogP contribution in [0.4, 0.5) is 5.69 Å². The Hall–Kier alpha value is -2.29. The van der Waals surface area contributed by atoms with Gasteiger partial charge >= 0.3 is 0 Å². The number of amides is 1. The largest absolute Gasteiger partial charge is 0.374 e. The third-order valence-corrected chi connectivity index (χ3v) is 3.92. The summed E-state index contributed by atoms with van der Waals surface area (Å²) in [5, 5.41) is 6.10. The first-order chi connectivity index (χ1) is 10.2. The maximum absolute atomic E-state index is 11.8. The first kappa shape index (κ1) is 13.7. The summed E-state index contributed by atoms with van der Waals surface area (Å²) in [5.74, 6) is 0.0290. The van der Waals surface area contributed by atoms with Gasteiger partial charge in [-0.15, -0.1) is 0 Å². The minimum Gasteiger partial charge on any atom is -0.374 e. The summed E-state index contributed by atoms with van der Waals surface area (Å²) >= 11 is 0. The second-order valence-corrected chi connectivity index (χ2v) is 5.47. The highest BCUT2D eigenvalue weighted by Crippen LogP contribution is 2.37. The molecule has 0 bridgehead atoms. The summed E-state index contributed by atoms with van der Waals surface area (Å²) in [6.45, 7) is 4.47. The van der Waals surface area contributed by atoms with Crippen molar-refractivity contribution in [3.8, 4) is 11.1 Å². The van der Waals surface area contributed by atoms with Crippen LogP contribution in [-0.2, 0) is 11.2 Å². The molecule has 0 radical (unpaired) electrons. The zero-order valence-electron chi connectivity index (χ0n) is 12.4. The van der Waals surface area contributed by atoms with Gasteiger partial charge in [0.2, 0.25) is 5.91 Å². The number of carbonyl (C=O) groups excluding carboxylic acids is 1. The average Bonchev–Trinajstić information content (AvgIpc) is 2.85. The Morgan fingerprint density at radius 1 is 1.14 bits per heavy atom. The molecule has 1 unspecified atom stereocenters. The van der Waals surface area contributed by atoms with Crippen molar-refractivity contribution < 1.29 is 4.79 Å². The van der Waals surface area contributed by atoms with Gasteiger partial charge in [0.25, 0.3) is 0 Å². The number of benzene rings is 2. The summed E-state index contributed by atoms with van der Waals surface area (Å²) < 4.78 is 0. The Balaban J connectivity index is 1.79. The van der Waals surface area contributed by atoms with Gasteiger partial charge in [-0.3, -0.25) is 4.79 Å². The van der Waals surface area contributed by atoms with E-state index in [2.05, 4.69) is 53.1 Å². The fraction of sp³-hybridized carbons (Fsp3) is 0.278. The summed E-state index contributed by atoms with van der Waals surface area (Å²) in [7, 11) is 0. The molecular weight excluding hydrogens is 260 g/mol. The summed E-state index contributed by atoms with van der Waals surface area (Å²) in [6.07, 6.45) is 0.969. The van der Waals surface area contributed by atoms with Crippen molar-refractivity contribution >= 4 is 11.6 Å². The van der Waals surface area contributed by atoms with Gasteiger partial charge in [0.05, 0.1) is 0 Å². The second-order valence-electron chi connectivity index (χ2n) is 5.47. The van der Waals surface area contributed by atoms with E-state index in [0.29, 0.717) is 6.54 Å². The fourth-order valence-corrected chi connectivity index (χ4v) is 2.88. The maximum atomic E-state index is 11.8. The number of rotatable bonds is 4. The quantitative estimate of drug-likeness (QED) is 0.770. The van der Waals surface area contributed by atoms with E-state index in [9.17, 15) is 4.79 Å². The minimum atomic E-state index is -0.230. The van der Waals surface area contributed by atoms with Crippen molar-refractivity contribution in [2.24, 2.45) is 0 Å². The smallest absolute Gasteiger partial charge is 0.242 e. The molecule has 1 aliphatic rings. The van der Waals surface area contributed by atoms with Gasteiger partial charge in [0.15, 0.2) is 0 Å². The molecule has 0 saturated carbocycles. The van der Waals surface area contributed by atoms with Crippen molar-refractivity contribution in [3.05, 3.63) is 53.6 Å². The molecule has 3 nitrogen and oxygen atoms in total. The first-order valence-corrected chi connectivity index (χ1v) is 7.44. The minimum absolute atomic E-state index is 0.0290. The number of nitrogens with one attached hydrogen (secondary N) is 2. The molecule has 0 aromatic heterocycles. The van der Waals surface area contributed by atoms with Gasteiger partial charge in [0, 0.05) is 12.2 Å². The van der Waals surface area contributed by atoms with Crippen molar-refractivity contribution in [1.82, 2.24) is 5.32 Å². The van der Waals surface area contributed by atoms with Gasteiger partial charge in [-0.25, -0.2) is 0 Å². The van der Waals surface area contributed by atoms with Crippen LogP contribution in [0, 0.1) is 0 Å². The predicted octanol–water partition coefficient (Wildman–Crippen LogP) is 3.19. The molecule has 0 aliphatic heterocycles. The van der Waals surface area contributed by atoms with Crippen LogP contribution in [0.15, 0.2) is 42.5 Å². The van der Waals surface area contributed by atoms with Crippen molar-refractivity contribution in [1.29, 1.82) is 0 Å². The Morgan fingerprint density at radius 2 is 1.90 bits per heavy atom. The Morgan fingerprint density at radius 3 is 2.71 bits per heavy atom. The van der Waals surface area contributed by atoms with E-state index >= 15 is 0 Å². The number of anilines is 1. The molecule has 0 saturated heterocycles. The molecule has 21 heavy (non-hydrogen) atoms. The highest BCUT2D eigenvalue weighted by atomic mass is 16.2. The van der Waals surface area contributed by atoms with E-state index < -0.39 is 0 Å². The Kier molecular flexibility index (Phi) is 3.65. The van der Waals surface area contributed by atoms with Crippen molar-refractivity contribution in [2.75, 3.05) is 11.9 Å². The molecule has 2 aromatic carbocycles. The third kappa shape index (κ3) is 2.64. The van der Waals surface area contributed by atoms with E-state index in [-0.39, 0.29) is 11.9 Å². The molecule has 2 N–H and O–H groups in total. The lowest BCUT2D eigenvalue weighted by Gasteiger charge is -2.15. The lowest BCUT2D eigenvalue weighted by atomic mass is 10.1. The molecule has 1 amide bonds. The molecular formula is C18H20N2O. The standard InChI is InChI=1S/C18H20N2O/c1-3-19-18(21)12(2)20-15-8-9-17-14(11-15)10-13-6-4-5-7-16(13)17/h4-9,11-12,20H,3,10H2,1-2H3,(H,19,21). The van der Waals surface area contributed by atoms with Gasteiger partial charge in [-0.1, -0.05) is 30.3 Å². The van der Waals surface area contributed by atoms with Crippen LogP contribution in [0.2, 0.25) is 0 Å². The van der Waals surface area contributed by atoms with Crippen LogP contribution >= 0.6 is 0 Å². The monoisotopic (exact) mass is 280 g/mol. The summed E-state index contributed by atoms with van der Waals surface area (Å²) in [5.41, 5.74) is 6.34. The highest BCUT2D eigenvalue weighted by molar-refractivity contribution is 5.85. The summed E-state index contributed by atoms with van der Waals surface area (Å²) in [4.78, 5) is 11.8. The average molecular weight is 280 g/mol. The highest BCUT2D eigenvalue weighted by Gasteiger charge is 2.18. The maximum Gasteiger partial charge on any atom is 0.242 e. The van der Waals surface area contributed by atoms with Crippen LogP contribution in [0.3, 0.4) is 0 Å². The number of carbonyl (C=O) groups is 1.